The summed E-state index contributed by atoms with van der Waals surface area (Å²) in [5.41, 5.74) is 1.94. The molecule has 0 radical (unpaired) electrons. The maximum atomic E-state index is 12.4. The third-order valence-corrected chi connectivity index (χ3v) is 6.38. The van der Waals surface area contributed by atoms with Gasteiger partial charge in [-0.15, -0.1) is 0 Å². The molecule has 1 saturated heterocycles. The molecule has 0 bridgehead atoms. The number of nitrogens with zero attached hydrogens (tertiary/aromatic N) is 1. The van der Waals surface area contributed by atoms with Gasteiger partial charge < -0.3 is 9.64 Å². The molecular formula is C22H27NO5S. The number of amides is 1. The van der Waals surface area contributed by atoms with E-state index in [0.717, 1.165) is 24.0 Å². The Morgan fingerprint density at radius 2 is 1.76 bits per heavy atom. The second kappa shape index (κ2) is 9.89. The monoisotopic (exact) mass is 417 g/mol. The molecule has 156 valence electrons. The molecule has 2 aromatic carbocycles. The lowest BCUT2D eigenvalue weighted by molar-refractivity contribution is 0.0966. The molecule has 1 atom stereocenters. The number of hydrogen-bond donors (Lipinski definition) is 0. The van der Waals surface area contributed by atoms with E-state index in [2.05, 4.69) is 0 Å². The molecule has 0 aromatic heterocycles. The van der Waals surface area contributed by atoms with Crippen LogP contribution in [0, 0.1) is 12.8 Å². The van der Waals surface area contributed by atoms with Gasteiger partial charge in [0.15, 0.2) is 0 Å². The summed E-state index contributed by atoms with van der Waals surface area (Å²) in [6, 6.07) is 16.2. The second-order valence-corrected chi connectivity index (χ2v) is 8.99. The van der Waals surface area contributed by atoms with E-state index >= 15 is 0 Å². The number of rotatable bonds is 6. The third kappa shape index (κ3) is 6.30. The lowest BCUT2D eigenvalue weighted by atomic mass is 10.0. The fourth-order valence-corrected chi connectivity index (χ4v) is 4.26. The van der Waals surface area contributed by atoms with Crippen LogP contribution in [-0.4, -0.2) is 39.1 Å². The van der Waals surface area contributed by atoms with E-state index in [4.69, 9.17) is 8.92 Å². The third-order valence-electron chi connectivity index (χ3n) is 5.08. The van der Waals surface area contributed by atoms with Crippen LogP contribution in [0.15, 0.2) is 59.5 Å². The summed E-state index contributed by atoms with van der Waals surface area (Å²) >= 11 is 0. The fraction of sp³-hybridized carbons (Fsp3) is 0.409. The fourth-order valence-electron chi connectivity index (χ4n) is 3.28. The Bertz CT molecular complexity index is 897. The number of carbonyl (C=O) groups is 1. The second-order valence-electron chi connectivity index (χ2n) is 7.38. The topological polar surface area (TPSA) is 72.9 Å². The maximum absolute atomic E-state index is 12.4. The van der Waals surface area contributed by atoms with Gasteiger partial charge in [0.25, 0.3) is 10.1 Å². The van der Waals surface area contributed by atoms with Gasteiger partial charge in [-0.2, -0.15) is 8.42 Å². The van der Waals surface area contributed by atoms with E-state index < -0.39 is 10.1 Å². The Balaban J connectivity index is 1.46. The van der Waals surface area contributed by atoms with Crippen LogP contribution in [0.4, 0.5) is 4.79 Å². The van der Waals surface area contributed by atoms with Crippen LogP contribution < -0.4 is 0 Å². The number of hydrogen-bond acceptors (Lipinski definition) is 5. The SMILES string of the molecule is Cc1ccc(S(=O)(=O)OCC2CCCN(C(=O)OCc3ccccc3)CC2)cc1. The van der Waals surface area contributed by atoms with Gasteiger partial charge in [0, 0.05) is 13.1 Å². The number of aryl methyl sites for hydroxylation is 1. The zero-order chi connectivity index (χ0) is 20.7. The molecule has 0 saturated carbocycles. The molecule has 2 aromatic rings. The molecule has 1 heterocycles. The van der Waals surface area contributed by atoms with E-state index in [9.17, 15) is 13.2 Å². The minimum atomic E-state index is -3.76. The zero-order valence-corrected chi connectivity index (χ0v) is 17.4. The molecular weight excluding hydrogens is 390 g/mol. The van der Waals surface area contributed by atoms with Crippen molar-refractivity contribution in [1.82, 2.24) is 4.90 Å². The first kappa shape index (κ1) is 21.3. The number of ether oxygens (including phenoxy) is 1. The molecule has 6 nitrogen and oxygen atoms in total. The van der Waals surface area contributed by atoms with Crippen molar-refractivity contribution in [3.8, 4) is 0 Å². The highest BCUT2D eigenvalue weighted by Crippen LogP contribution is 2.21. The predicted octanol–water partition coefficient (Wildman–Crippen LogP) is 4.14. The Morgan fingerprint density at radius 1 is 1.03 bits per heavy atom. The molecule has 1 unspecified atom stereocenters. The van der Waals surface area contributed by atoms with E-state index in [0.29, 0.717) is 19.5 Å². The van der Waals surface area contributed by atoms with Crippen LogP contribution in [0.25, 0.3) is 0 Å². The van der Waals surface area contributed by atoms with Crippen LogP contribution in [-0.2, 0) is 25.6 Å². The Kier molecular flexibility index (Phi) is 7.28. The molecule has 1 aliphatic heterocycles. The van der Waals surface area contributed by atoms with Gasteiger partial charge in [-0.25, -0.2) is 4.79 Å². The maximum Gasteiger partial charge on any atom is 0.410 e. The van der Waals surface area contributed by atoms with Crippen molar-refractivity contribution in [3.05, 3.63) is 65.7 Å². The minimum absolute atomic E-state index is 0.0853. The highest BCUT2D eigenvalue weighted by atomic mass is 32.2. The van der Waals surface area contributed by atoms with Gasteiger partial charge in [-0.1, -0.05) is 48.0 Å². The Hall–Kier alpha value is -2.38. The van der Waals surface area contributed by atoms with Crippen LogP contribution in [0.5, 0.6) is 0 Å². The summed E-state index contributed by atoms with van der Waals surface area (Å²) in [6.45, 7) is 3.42. The average Bonchev–Trinajstić information content (AvgIpc) is 2.97. The van der Waals surface area contributed by atoms with Crippen molar-refractivity contribution in [2.24, 2.45) is 5.92 Å². The summed E-state index contributed by atoms with van der Waals surface area (Å²) in [7, 11) is -3.76. The first-order valence-electron chi connectivity index (χ1n) is 9.86. The van der Waals surface area contributed by atoms with Crippen LogP contribution in [0.2, 0.25) is 0 Å². The van der Waals surface area contributed by atoms with Gasteiger partial charge >= 0.3 is 6.09 Å². The summed E-state index contributed by atoms with van der Waals surface area (Å²) in [4.78, 5) is 14.2. The Labute approximate surface area is 172 Å². The van der Waals surface area contributed by atoms with Gasteiger partial charge in [-0.05, 0) is 49.8 Å². The number of likely N-dealkylation sites (tertiary alicyclic amines) is 1. The highest BCUT2D eigenvalue weighted by Gasteiger charge is 2.24. The molecule has 1 amide bonds. The lowest BCUT2D eigenvalue weighted by Gasteiger charge is -2.20. The van der Waals surface area contributed by atoms with Crippen LogP contribution in [0.1, 0.15) is 30.4 Å². The highest BCUT2D eigenvalue weighted by molar-refractivity contribution is 7.86. The molecule has 7 heteroatoms. The largest absolute Gasteiger partial charge is 0.445 e. The van der Waals surface area contributed by atoms with E-state index in [1.807, 2.05) is 37.3 Å². The van der Waals surface area contributed by atoms with Crippen molar-refractivity contribution >= 4 is 16.2 Å². The standard InChI is InChI=1S/C22H27NO5S/c1-18-9-11-21(12-10-18)29(25,26)28-17-20-8-5-14-23(15-13-20)22(24)27-16-19-6-3-2-4-7-19/h2-4,6-7,9-12,20H,5,8,13-17H2,1H3. The zero-order valence-electron chi connectivity index (χ0n) is 16.6. The number of carbonyl (C=O) groups excluding carboxylic acids is 1. The summed E-state index contributed by atoms with van der Waals surface area (Å²) in [5, 5.41) is 0. The molecule has 3 rings (SSSR count). The van der Waals surface area contributed by atoms with Gasteiger partial charge in [0.2, 0.25) is 0 Å². The molecule has 29 heavy (non-hydrogen) atoms. The van der Waals surface area contributed by atoms with E-state index in [1.54, 1.807) is 29.2 Å². The van der Waals surface area contributed by atoms with Crippen molar-refractivity contribution in [3.63, 3.8) is 0 Å². The van der Waals surface area contributed by atoms with Crippen molar-refractivity contribution < 1.29 is 22.1 Å². The van der Waals surface area contributed by atoms with Crippen LogP contribution in [0.3, 0.4) is 0 Å². The molecule has 0 spiro atoms. The Morgan fingerprint density at radius 3 is 2.48 bits per heavy atom. The van der Waals surface area contributed by atoms with E-state index in [1.165, 1.54) is 0 Å². The lowest BCUT2D eigenvalue weighted by Crippen LogP contribution is -2.32. The average molecular weight is 418 g/mol. The summed E-state index contributed by atoms with van der Waals surface area (Å²) in [5.74, 6) is 0.0853. The summed E-state index contributed by atoms with van der Waals surface area (Å²) in [6.07, 6.45) is 1.96. The molecule has 1 fully saturated rings. The normalized spacial score (nSPS) is 17.6. The smallest absolute Gasteiger partial charge is 0.410 e. The van der Waals surface area contributed by atoms with E-state index in [-0.39, 0.29) is 30.1 Å². The molecule has 0 N–H and O–H groups in total. The number of benzene rings is 2. The van der Waals surface area contributed by atoms with Crippen molar-refractivity contribution in [1.29, 1.82) is 0 Å². The predicted molar refractivity (Wildman–Crippen MR) is 110 cm³/mol. The summed E-state index contributed by atoms with van der Waals surface area (Å²) < 4.78 is 35.4. The van der Waals surface area contributed by atoms with Gasteiger partial charge in [0.1, 0.15) is 6.61 Å². The van der Waals surface area contributed by atoms with Crippen molar-refractivity contribution in [2.45, 2.75) is 37.7 Å². The quantitative estimate of drug-likeness (QED) is 0.661. The first-order chi connectivity index (χ1) is 13.9. The molecule has 1 aliphatic rings. The first-order valence-corrected chi connectivity index (χ1v) is 11.3. The van der Waals surface area contributed by atoms with Gasteiger partial charge in [0.05, 0.1) is 11.5 Å². The van der Waals surface area contributed by atoms with Gasteiger partial charge in [-0.3, -0.25) is 4.18 Å². The van der Waals surface area contributed by atoms with Crippen LogP contribution >= 0.6 is 0 Å². The molecule has 0 aliphatic carbocycles. The minimum Gasteiger partial charge on any atom is -0.445 e. The van der Waals surface area contributed by atoms with Crippen molar-refractivity contribution in [2.75, 3.05) is 19.7 Å².